The maximum absolute atomic E-state index is 6.33. The van der Waals surface area contributed by atoms with Gasteiger partial charge >= 0.3 is 0 Å². The van der Waals surface area contributed by atoms with E-state index in [0.29, 0.717) is 33.0 Å². The van der Waals surface area contributed by atoms with Crippen molar-refractivity contribution in [1.29, 1.82) is 0 Å². The number of halogens is 3. The lowest BCUT2D eigenvalue weighted by Gasteiger charge is -2.08. The summed E-state index contributed by atoms with van der Waals surface area (Å²) in [5.74, 6) is 0. The Morgan fingerprint density at radius 1 is 1.41 bits per heavy atom. The molecule has 0 aliphatic carbocycles. The molecule has 0 amide bonds. The number of hydrazone groups is 1. The van der Waals surface area contributed by atoms with E-state index < -0.39 is 0 Å². The van der Waals surface area contributed by atoms with E-state index in [1.807, 2.05) is 6.92 Å². The van der Waals surface area contributed by atoms with Crippen molar-refractivity contribution in [3.8, 4) is 0 Å². The van der Waals surface area contributed by atoms with Gasteiger partial charge in [0.15, 0.2) is 5.11 Å². The lowest BCUT2D eigenvalue weighted by atomic mass is 10.2. The second-order valence-corrected chi connectivity index (χ2v) is 5.99. The van der Waals surface area contributed by atoms with Crippen LogP contribution < -0.4 is 11.2 Å². The molecule has 116 valence electrons. The molecule has 0 fully saturated rings. The second-order valence-electron chi connectivity index (χ2n) is 4.38. The molecule has 0 spiro atoms. The average Bonchev–Trinajstić information content (AvgIpc) is 2.70. The summed E-state index contributed by atoms with van der Waals surface area (Å²) in [5, 5.41) is 9.86. The summed E-state index contributed by atoms with van der Waals surface area (Å²) in [6.07, 6.45) is 1.51. The fourth-order valence-electron chi connectivity index (χ4n) is 1.81. The van der Waals surface area contributed by atoms with E-state index in [9.17, 15) is 0 Å². The lowest BCUT2D eigenvalue weighted by molar-refractivity contribution is 0.680. The van der Waals surface area contributed by atoms with Crippen LogP contribution >= 0.6 is 47.0 Å². The SMILES string of the molecule is Cc1nn(Cc2c(Cl)cccc2Cl)c(Cl)c1C=NNC(N)=S. The van der Waals surface area contributed by atoms with E-state index in [4.69, 9.17) is 40.5 Å². The molecule has 3 N–H and O–H groups in total. The smallest absolute Gasteiger partial charge is 0.184 e. The highest BCUT2D eigenvalue weighted by atomic mass is 35.5. The minimum absolute atomic E-state index is 0.0697. The Balaban J connectivity index is 2.30. The highest BCUT2D eigenvalue weighted by Crippen LogP contribution is 2.27. The van der Waals surface area contributed by atoms with Gasteiger partial charge in [0, 0.05) is 15.6 Å². The molecule has 0 aliphatic heterocycles. The van der Waals surface area contributed by atoms with Gasteiger partial charge in [-0.25, -0.2) is 4.68 Å². The molecule has 1 heterocycles. The fourth-order valence-corrected chi connectivity index (χ4v) is 2.66. The molecule has 2 rings (SSSR count). The zero-order valence-corrected chi connectivity index (χ0v) is 14.6. The number of aromatic nitrogens is 2. The number of rotatable bonds is 4. The van der Waals surface area contributed by atoms with E-state index in [1.54, 1.807) is 22.9 Å². The van der Waals surface area contributed by atoms with Crippen LogP contribution in [-0.2, 0) is 6.54 Å². The molecule has 1 aromatic carbocycles. The largest absolute Gasteiger partial charge is 0.375 e. The van der Waals surface area contributed by atoms with Crippen LogP contribution in [0.3, 0.4) is 0 Å². The predicted octanol–water partition coefficient (Wildman–Crippen LogP) is 3.37. The molecule has 5 nitrogen and oxygen atoms in total. The monoisotopic (exact) mass is 375 g/mol. The van der Waals surface area contributed by atoms with Gasteiger partial charge in [-0.2, -0.15) is 10.2 Å². The molecule has 0 saturated carbocycles. The number of benzene rings is 1. The van der Waals surface area contributed by atoms with Crippen molar-refractivity contribution >= 4 is 58.3 Å². The Morgan fingerprint density at radius 3 is 2.64 bits per heavy atom. The first-order valence-corrected chi connectivity index (χ1v) is 7.68. The van der Waals surface area contributed by atoms with E-state index in [0.717, 1.165) is 5.56 Å². The lowest BCUT2D eigenvalue weighted by Crippen LogP contribution is -2.24. The first kappa shape index (κ1) is 17.0. The normalized spacial score (nSPS) is 11.1. The molecule has 0 bridgehead atoms. The van der Waals surface area contributed by atoms with Crippen molar-refractivity contribution in [3.63, 3.8) is 0 Å². The van der Waals surface area contributed by atoms with Crippen molar-refractivity contribution < 1.29 is 0 Å². The summed E-state index contributed by atoms with van der Waals surface area (Å²) in [5.41, 5.74) is 9.88. The Kier molecular flexibility index (Phi) is 5.63. The highest BCUT2D eigenvalue weighted by molar-refractivity contribution is 7.80. The number of thiocarbonyl (C=S) groups is 1. The Hall–Kier alpha value is -1.34. The van der Waals surface area contributed by atoms with Gasteiger partial charge in [-0.05, 0) is 31.3 Å². The minimum Gasteiger partial charge on any atom is -0.375 e. The molecule has 0 aliphatic rings. The van der Waals surface area contributed by atoms with Gasteiger partial charge in [0.05, 0.1) is 24.0 Å². The fraction of sp³-hybridized carbons (Fsp3) is 0.154. The van der Waals surface area contributed by atoms with Gasteiger partial charge in [-0.3, -0.25) is 5.43 Å². The molecule has 1 aromatic heterocycles. The van der Waals surface area contributed by atoms with Crippen LogP contribution in [0.15, 0.2) is 23.3 Å². The summed E-state index contributed by atoms with van der Waals surface area (Å²) in [4.78, 5) is 0. The number of nitrogens with one attached hydrogen (secondary N) is 1. The maximum Gasteiger partial charge on any atom is 0.184 e. The van der Waals surface area contributed by atoms with Crippen molar-refractivity contribution in [2.45, 2.75) is 13.5 Å². The molecule has 22 heavy (non-hydrogen) atoms. The summed E-state index contributed by atoms with van der Waals surface area (Å²) in [7, 11) is 0. The third-order valence-corrected chi connectivity index (χ3v) is 4.05. The first-order chi connectivity index (χ1) is 10.4. The van der Waals surface area contributed by atoms with Crippen LogP contribution in [0.1, 0.15) is 16.8 Å². The van der Waals surface area contributed by atoms with Crippen LogP contribution in [0.2, 0.25) is 15.2 Å². The second kappa shape index (κ2) is 7.28. The van der Waals surface area contributed by atoms with Gasteiger partial charge in [0.2, 0.25) is 0 Å². The van der Waals surface area contributed by atoms with Crippen molar-refractivity contribution in [1.82, 2.24) is 15.2 Å². The maximum atomic E-state index is 6.33. The topological polar surface area (TPSA) is 68.2 Å². The van der Waals surface area contributed by atoms with Crippen LogP contribution in [0, 0.1) is 6.92 Å². The van der Waals surface area contributed by atoms with Crippen LogP contribution in [0.25, 0.3) is 0 Å². The number of hydrogen-bond donors (Lipinski definition) is 2. The van der Waals surface area contributed by atoms with E-state index in [2.05, 4.69) is 27.8 Å². The molecule has 0 unspecified atom stereocenters. The minimum atomic E-state index is 0.0697. The third kappa shape index (κ3) is 3.89. The molecule has 0 radical (unpaired) electrons. The molecular weight excluding hydrogens is 365 g/mol. The summed E-state index contributed by atoms with van der Waals surface area (Å²) in [6.45, 7) is 2.17. The van der Waals surface area contributed by atoms with Gasteiger partial charge in [-0.1, -0.05) is 40.9 Å². The first-order valence-electron chi connectivity index (χ1n) is 6.14. The zero-order chi connectivity index (χ0) is 16.3. The number of aryl methyl sites for hydroxylation is 1. The Bertz CT molecular complexity index is 721. The summed E-state index contributed by atoms with van der Waals surface area (Å²) < 4.78 is 1.60. The highest BCUT2D eigenvalue weighted by Gasteiger charge is 2.14. The van der Waals surface area contributed by atoms with Crippen LogP contribution in [-0.4, -0.2) is 21.1 Å². The standard InChI is InChI=1S/C13H12Cl3N5S/c1-7-8(5-18-19-13(17)22)12(16)21(20-7)6-9-10(14)3-2-4-11(9)15/h2-5H,6H2,1H3,(H3,17,19,22). The Labute approximate surface area is 148 Å². The quantitative estimate of drug-likeness (QED) is 0.488. The molecule has 0 saturated heterocycles. The van der Waals surface area contributed by atoms with Crippen molar-refractivity contribution in [3.05, 3.63) is 50.2 Å². The number of nitrogens with two attached hydrogens (primary N) is 1. The van der Waals surface area contributed by atoms with Gasteiger partial charge < -0.3 is 5.73 Å². The van der Waals surface area contributed by atoms with Crippen molar-refractivity contribution in [2.75, 3.05) is 0 Å². The van der Waals surface area contributed by atoms with Crippen molar-refractivity contribution in [2.24, 2.45) is 10.8 Å². The zero-order valence-electron chi connectivity index (χ0n) is 11.5. The van der Waals surface area contributed by atoms with E-state index >= 15 is 0 Å². The Morgan fingerprint density at radius 2 is 2.05 bits per heavy atom. The average molecular weight is 377 g/mol. The molecule has 9 heteroatoms. The molecule has 2 aromatic rings. The summed E-state index contributed by atoms with van der Waals surface area (Å²) in [6, 6.07) is 5.31. The number of hydrogen-bond acceptors (Lipinski definition) is 3. The van der Waals surface area contributed by atoms with Gasteiger partial charge in [-0.15, -0.1) is 0 Å². The van der Waals surface area contributed by atoms with E-state index in [-0.39, 0.29) is 5.11 Å². The number of nitrogens with zero attached hydrogens (tertiary/aromatic N) is 3. The summed E-state index contributed by atoms with van der Waals surface area (Å²) >= 11 is 23.3. The molecular formula is C13H12Cl3N5S. The van der Waals surface area contributed by atoms with Crippen LogP contribution in [0.5, 0.6) is 0 Å². The third-order valence-electron chi connectivity index (χ3n) is 2.85. The van der Waals surface area contributed by atoms with Gasteiger partial charge in [0.25, 0.3) is 0 Å². The predicted molar refractivity (Wildman–Crippen MR) is 95.1 cm³/mol. The van der Waals surface area contributed by atoms with Crippen LogP contribution in [0.4, 0.5) is 0 Å². The van der Waals surface area contributed by atoms with E-state index in [1.165, 1.54) is 6.21 Å². The van der Waals surface area contributed by atoms with Gasteiger partial charge in [0.1, 0.15) is 5.15 Å². The molecule has 0 atom stereocenters.